The minimum absolute atomic E-state index is 0.0340. The van der Waals surface area contributed by atoms with Crippen LogP contribution in [0.4, 0.5) is 5.95 Å². The molecule has 2 aromatic rings. The fourth-order valence-corrected chi connectivity index (χ4v) is 3.18. The average molecular weight is 359 g/mol. The molecule has 0 spiro atoms. The Balaban J connectivity index is 1.87. The molecule has 0 unspecified atom stereocenters. The Morgan fingerprint density at radius 3 is 2.64 bits per heavy atom. The lowest BCUT2D eigenvalue weighted by atomic mass is 10.1. The Kier molecular flexibility index (Phi) is 4.18. The first-order valence-corrected chi connectivity index (χ1v) is 7.64. The van der Waals surface area contributed by atoms with Crippen LogP contribution in [0.5, 0.6) is 0 Å². The molecule has 10 heteroatoms. The Hall–Kier alpha value is -1.48. The molecule has 116 valence electrons. The second-order valence-electron chi connectivity index (χ2n) is 4.97. The van der Waals surface area contributed by atoms with Crippen molar-refractivity contribution in [2.24, 2.45) is 0 Å². The van der Waals surface area contributed by atoms with E-state index in [0.29, 0.717) is 35.4 Å². The van der Waals surface area contributed by atoms with Crippen molar-refractivity contribution in [2.45, 2.75) is 19.5 Å². The summed E-state index contributed by atoms with van der Waals surface area (Å²) in [7, 11) is 0. The predicted molar refractivity (Wildman–Crippen MR) is 86.5 cm³/mol. The molecule has 22 heavy (non-hydrogen) atoms. The quantitative estimate of drug-likeness (QED) is 0.557. The molecular formula is C12H12Cl2N6OS. The molecule has 3 rings (SSSR count). The third kappa shape index (κ3) is 3.00. The molecule has 4 N–H and O–H groups in total. The number of anilines is 1. The lowest BCUT2D eigenvalue weighted by molar-refractivity contribution is 0.241. The zero-order valence-corrected chi connectivity index (χ0v) is 13.6. The molecule has 1 aliphatic rings. The van der Waals surface area contributed by atoms with Crippen LogP contribution in [0, 0.1) is 4.77 Å². The van der Waals surface area contributed by atoms with E-state index in [1.54, 1.807) is 0 Å². The molecule has 0 bridgehead atoms. The zero-order chi connectivity index (χ0) is 15.9. The number of aromatic nitrogens is 4. The number of fused-ring (bicyclic) bond motifs is 1. The summed E-state index contributed by atoms with van der Waals surface area (Å²) >= 11 is 17.1. The Morgan fingerprint density at radius 2 is 1.95 bits per heavy atom. The summed E-state index contributed by atoms with van der Waals surface area (Å²) in [4.78, 5) is 27.5. The van der Waals surface area contributed by atoms with Crippen LogP contribution in [-0.4, -0.2) is 31.4 Å². The van der Waals surface area contributed by atoms with E-state index in [1.165, 1.54) is 0 Å². The summed E-state index contributed by atoms with van der Waals surface area (Å²) in [5.74, 6) is 0.0340. The predicted octanol–water partition coefficient (Wildman–Crippen LogP) is 1.67. The third-order valence-corrected chi connectivity index (χ3v) is 4.32. The summed E-state index contributed by atoms with van der Waals surface area (Å²) in [6.07, 6.45) is 0.688. The fourth-order valence-electron chi connectivity index (χ4n) is 2.45. The normalized spacial score (nSPS) is 14.8. The number of hydrogen-bond donors (Lipinski definition) is 3. The lowest BCUT2D eigenvalue weighted by Gasteiger charge is -2.28. The van der Waals surface area contributed by atoms with Crippen molar-refractivity contribution < 1.29 is 0 Å². The molecular weight excluding hydrogens is 347 g/mol. The van der Waals surface area contributed by atoms with E-state index in [1.807, 2.05) is 4.90 Å². The number of hydrogen-bond acceptors (Lipinski definition) is 6. The van der Waals surface area contributed by atoms with Crippen LogP contribution >= 0.6 is 35.4 Å². The number of halogens is 2. The second-order valence-corrected chi connectivity index (χ2v) is 6.09. The van der Waals surface area contributed by atoms with Gasteiger partial charge in [-0.1, -0.05) is 23.2 Å². The van der Waals surface area contributed by atoms with Gasteiger partial charge in [0.15, 0.2) is 4.77 Å². The molecule has 0 aliphatic carbocycles. The molecule has 3 heterocycles. The number of nitrogens with two attached hydrogens (primary N) is 1. The number of nitrogens with one attached hydrogen (secondary N) is 2. The molecule has 0 radical (unpaired) electrons. The number of rotatable bonds is 2. The van der Waals surface area contributed by atoms with Crippen molar-refractivity contribution in [3.8, 4) is 0 Å². The first-order chi connectivity index (χ1) is 10.4. The van der Waals surface area contributed by atoms with E-state index >= 15 is 0 Å². The van der Waals surface area contributed by atoms with Crippen molar-refractivity contribution >= 4 is 41.4 Å². The third-order valence-electron chi connectivity index (χ3n) is 3.49. The van der Waals surface area contributed by atoms with Crippen LogP contribution in [0.1, 0.15) is 16.8 Å². The van der Waals surface area contributed by atoms with Gasteiger partial charge in [-0.25, -0.2) is 9.97 Å². The first-order valence-electron chi connectivity index (χ1n) is 6.48. The smallest absolute Gasteiger partial charge is 0.256 e. The van der Waals surface area contributed by atoms with E-state index < -0.39 is 0 Å². The summed E-state index contributed by atoms with van der Waals surface area (Å²) in [6.45, 7) is 1.64. The molecule has 0 saturated carbocycles. The van der Waals surface area contributed by atoms with Gasteiger partial charge in [-0.3, -0.25) is 14.7 Å². The topological polar surface area (TPSA) is 104 Å². The fraction of sp³-hybridized carbons (Fsp3) is 0.333. The Bertz CT molecular complexity index is 825. The summed E-state index contributed by atoms with van der Waals surface area (Å²) in [6, 6.07) is 0. The standard InChI is InChI=1S/C12H12Cl2N6OS/c13-8-6(9(14)18-11(15)17-8)4-20-2-1-7-5(3-20)10(21)19-12(22)16-7/h1-4H2,(H2,15,17,18)(H2,16,19,21,22). The van der Waals surface area contributed by atoms with E-state index in [-0.39, 0.29) is 21.8 Å². The van der Waals surface area contributed by atoms with Crippen molar-refractivity contribution in [3.63, 3.8) is 0 Å². The largest absolute Gasteiger partial charge is 0.368 e. The summed E-state index contributed by atoms with van der Waals surface area (Å²) in [5, 5.41) is 0.453. The number of H-pyrrole nitrogens is 2. The molecule has 0 atom stereocenters. The maximum atomic E-state index is 12.0. The number of nitrogens with zero attached hydrogens (tertiary/aromatic N) is 3. The highest BCUT2D eigenvalue weighted by Crippen LogP contribution is 2.25. The molecule has 2 aromatic heterocycles. The Morgan fingerprint density at radius 1 is 1.27 bits per heavy atom. The highest BCUT2D eigenvalue weighted by molar-refractivity contribution is 7.71. The molecule has 0 aromatic carbocycles. The van der Waals surface area contributed by atoms with Gasteiger partial charge in [0.05, 0.1) is 5.56 Å². The van der Waals surface area contributed by atoms with E-state index in [9.17, 15) is 4.79 Å². The highest BCUT2D eigenvalue weighted by Gasteiger charge is 2.22. The van der Waals surface area contributed by atoms with Crippen LogP contribution in [0.2, 0.25) is 10.3 Å². The Labute approximate surface area is 140 Å². The molecule has 1 aliphatic heterocycles. The van der Waals surface area contributed by atoms with E-state index in [4.69, 9.17) is 41.2 Å². The van der Waals surface area contributed by atoms with Crippen LogP contribution in [0.25, 0.3) is 0 Å². The van der Waals surface area contributed by atoms with E-state index in [0.717, 1.165) is 12.2 Å². The molecule has 0 fully saturated rings. The summed E-state index contributed by atoms with van der Waals surface area (Å²) in [5.41, 5.74) is 7.46. The van der Waals surface area contributed by atoms with Gasteiger partial charge in [0.1, 0.15) is 10.3 Å². The minimum atomic E-state index is -0.172. The van der Waals surface area contributed by atoms with Gasteiger partial charge in [-0.15, -0.1) is 0 Å². The van der Waals surface area contributed by atoms with Gasteiger partial charge < -0.3 is 10.7 Å². The SMILES string of the molecule is Nc1nc(Cl)c(CN2CCc3[nH]c(=S)[nH]c(=O)c3C2)c(Cl)n1. The van der Waals surface area contributed by atoms with Gasteiger partial charge in [0.25, 0.3) is 5.56 Å². The molecule has 0 amide bonds. The number of aromatic amines is 2. The minimum Gasteiger partial charge on any atom is -0.368 e. The average Bonchev–Trinajstić information content (AvgIpc) is 2.43. The first kappa shape index (κ1) is 15.4. The van der Waals surface area contributed by atoms with Crippen molar-refractivity contribution in [1.29, 1.82) is 0 Å². The van der Waals surface area contributed by atoms with Crippen LogP contribution in [-0.2, 0) is 19.5 Å². The molecule has 7 nitrogen and oxygen atoms in total. The molecule has 0 saturated heterocycles. The van der Waals surface area contributed by atoms with E-state index in [2.05, 4.69) is 19.9 Å². The monoisotopic (exact) mass is 358 g/mol. The maximum Gasteiger partial charge on any atom is 0.256 e. The number of nitrogen functional groups attached to an aromatic ring is 1. The van der Waals surface area contributed by atoms with Crippen molar-refractivity contribution in [1.82, 2.24) is 24.8 Å². The van der Waals surface area contributed by atoms with Gasteiger partial charge in [-0.05, 0) is 12.2 Å². The lowest BCUT2D eigenvalue weighted by Crippen LogP contribution is -2.35. The van der Waals surface area contributed by atoms with Gasteiger partial charge >= 0.3 is 0 Å². The van der Waals surface area contributed by atoms with Crippen LogP contribution in [0.3, 0.4) is 0 Å². The highest BCUT2D eigenvalue weighted by atomic mass is 35.5. The van der Waals surface area contributed by atoms with Gasteiger partial charge in [0, 0.05) is 37.3 Å². The van der Waals surface area contributed by atoms with Crippen molar-refractivity contribution in [2.75, 3.05) is 12.3 Å². The van der Waals surface area contributed by atoms with Gasteiger partial charge in [-0.2, -0.15) is 0 Å². The van der Waals surface area contributed by atoms with Crippen LogP contribution in [0.15, 0.2) is 4.79 Å². The maximum absolute atomic E-state index is 12.0. The summed E-state index contributed by atoms with van der Waals surface area (Å²) < 4.78 is 0.343. The second kappa shape index (κ2) is 5.96. The van der Waals surface area contributed by atoms with Crippen LogP contribution < -0.4 is 11.3 Å². The van der Waals surface area contributed by atoms with Gasteiger partial charge in [0.2, 0.25) is 5.95 Å². The zero-order valence-electron chi connectivity index (χ0n) is 11.3. The van der Waals surface area contributed by atoms with Crippen molar-refractivity contribution in [3.05, 3.63) is 42.3 Å².